The summed E-state index contributed by atoms with van der Waals surface area (Å²) in [6.07, 6.45) is 4.76. The minimum Gasteiger partial charge on any atom is -0.520 e. The molecule has 0 aliphatic carbocycles. The maximum atomic E-state index is 11.9. The topological polar surface area (TPSA) is 94.2 Å². The predicted molar refractivity (Wildman–Crippen MR) is 102 cm³/mol. The number of likely N-dealkylation sites (tertiary alicyclic amines) is 1. The molecule has 9 heteroatoms. The SMILES string of the molecule is CCOC(=O)C(=CNc1ccc(OC2CCN([C-]=O)CC2)cc1)C(=O)OCC.[Fm]. The Hall–Kier alpha value is -4.03. The van der Waals surface area contributed by atoms with Crippen LogP contribution in [0.25, 0.3) is 0 Å². The van der Waals surface area contributed by atoms with E-state index < -0.39 is 11.9 Å². The standard InChI is InChI=1S/C20H25N2O6.Fm/c1-3-26-19(24)18(20(25)27-4-2)13-21-15-5-7-16(8-6-15)28-17-9-11-22(14-23)12-10-17;/h5-8,13,17,21H,3-4,9-12H2,1-2H3;/q-1;. The number of carbonyl (C=O) groups excluding carboxylic acids is 3. The van der Waals surface area contributed by atoms with Gasteiger partial charge in [-0.1, -0.05) is 0 Å². The Labute approximate surface area is 164 Å². The van der Waals surface area contributed by atoms with E-state index in [1.54, 1.807) is 43.0 Å². The maximum absolute atomic E-state index is 11.9. The van der Waals surface area contributed by atoms with Crippen molar-refractivity contribution in [2.45, 2.75) is 32.8 Å². The first-order valence-corrected chi connectivity index (χ1v) is 9.27. The summed E-state index contributed by atoms with van der Waals surface area (Å²) in [7, 11) is 0. The number of nitrogens with one attached hydrogen (secondary N) is 1. The summed E-state index contributed by atoms with van der Waals surface area (Å²) in [5.41, 5.74) is 0.464. The van der Waals surface area contributed by atoms with Crippen molar-refractivity contribution in [2.75, 3.05) is 31.6 Å². The van der Waals surface area contributed by atoms with E-state index in [-0.39, 0.29) is 24.9 Å². The van der Waals surface area contributed by atoms with E-state index in [2.05, 4.69) is 5.32 Å². The molecule has 0 spiro atoms. The molecule has 1 N–H and O–H groups in total. The first kappa shape index (κ1) is 23.0. The van der Waals surface area contributed by atoms with Gasteiger partial charge in [0, 0.05) is 11.9 Å². The molecule has 2 rings (SSSR count). The number of nitrogens with zero attached hydrogens (tertiary/aromatic N) is 1. The normalized spacial score (nSPS) is 13.5. The molecule has 1 aromatic rings. The molecule has 1 heterocycles. The van der Waals surface area contributed by atoms with Gasteiger partial charge in [0.05, 0.1) is 13.2 Å². The number of benzene rings is 1. The van der Waals surface area contributed by atoms with E-state index >= 15 is 0 Å². The molecule has 29 heavy (non-hydrogen) atoms. The van der Waals surface area contributed by atoms with Gasteiger partial charge >= 0.3 is 11.9 Å². The van der Waals surface area contributed by atoms with Gasteiger partial charge in [0.2, 0.25) is 0 Å². The van der Waals surface area contributed by atoms with Crippen LogP contribution in [0.1, 0.15) is 26.7 Å². The second kappa shape index (κ2) is 11.6. The molecule has 0 unspecified atom stereocenters. The Kier molecular flexibility index (Phi) is 9.23. The van der Waals surface area contributed by atoms with E-state index in [0.717, 1.165) is 12.8 Å². The molecular weight excluding hydrogens is 621 g/mol. The van der Waals surface area contributed by atoms with E-state index in [0.29, 0.717) is 24.5 Å². The van der Waals surface area contributed by atoms with Crippen LogP contribution < -0.4 is 10.1 Å². The minimum absolute atomic E-state index is 0. The molecule has 0 saturated carbocycles. The van der Waals surface area contributed by atoms with Crippen LogP contribution in [-0.4, -0.2) is 55.7 Å². The number of ether oxygens (including phenoxy) is 3. The number of rotatable bonds is 9. The largest absolute Gasteiger partial charge is 0.520 e. The van der Waals surface area contributed by atoms with Gasteiger partial charge in [-0.05, 0) is 64.0 Å². The van der Waals surface area contributed by atoms with E-state index in [9.17, 15) is 14.4 Å². The average Bonchev–Trinajstić information content (AvgIpc) is 2.70. The Bertz CT molecular complexity index is 679. The number of hydrogen-bond acceptors (Lipinski definition) is 7. The third-order valence-corrected chi connectivity index (χ3v) is 4.10. The van der Waals surface area contributed by atoms with Gasteiger partial charge in [0.15, 0.2) is 5.57 Å². The molecule has 0 aromatic heterocycles. The number of esters is 2. The maximum Gasteiger partial charge on any atom is 0.347 e. The molecule has 1 aliphatic heterocycles. The fraction of sp³-hybridized carbons (Fsp3) is 0.450. The Morgan fingerprint density at radius 2 is 1.66 bits per heavy atom. The summed E-state index contributed by atoms with van der Waals surface area (Å²) in [5.74, 6) is -0.779. The number of piperidine rings is 1. The summed E-state index contributed by atoms with van der Waals surface area (Å²) in [6.45, 7) is 4.92. The van der Waals surface area contributed by atoms with Gasteiger partial charge in [-0.15, -0.1) is 0 Å². The summed E-state index contributed by atoms with van der Waals surface area (Å²) in [5, 5.41) is 2.90. The van der Waals surface area contributed by atoms with Gasteiger partial charge in [0.1, 0.15) is 11.9 Å². The molecule has 1 aliphatic rings. The van der Waals surface area contributed by atoms with Crippen molar-refractivity contribution in [2.24, 2.45) is 0 Å². The fourth-order valence-corrected chi connectivity index (χ4v) is 2.66. The van der Waals surface area contributed by atoms with Gasteiger partial charge in [-0.2, -0.15) is 6.41 Å². The summed E-state index contributed by atoms with van der Waals surface area (Å²) >= 11 is 0. The monoisotopic (exact) mass is 646 g/mol. The summed E-state index contributed by atoms with van der Waals surface area (Å²) in [6, 6.07) is 7.13. The zero-order valence-electron chi connectivity index (χ0n) is 16.4. The van der Waals surface area contributed by atoms with Crippen LogP contribution in [0.4, 0.5) is 5.69 Å². The van der Waals surface area contributed by atoms with E-state index in [4.69, 9.17) is 14.2 Å². The van der Waals surface area contributed by atoms with Crippen molar-refractivity contribution >= 4 is 24.0 Å². The molecule has 1 aromatic carbocycles. The molecule has 0 radical (unpaired) electrons. The van der Waals surface area contributed by atoms with Crippen molar-refractivity contribution in [1.29, 1.82) is 0 Å². The van der Waals surface area contributed by atoms with Gasteiger partial charge in [-0.25, -0.2) is 9.59 Å². The van der Waals surface area contributed by atoms with Crippen LogP contribution in [0.15, 0.2) is 36.0 Å². The first-order valence-electron chi connectivity index (χ1n) is 9.27. The molecule has 164 valence electrons. The Balaban J connectivity index is 0.00000420. The second-order valence-corrected chi connectivity index (χ2v) is 6.06. The predicted octanol–water partition coefficient (Wildman–Crippen LogP) is 2.02. The third-order valence-electron chi connectivity index (χ3n) is 4.10. The molecule has 1 fully saturated rings. The Morgan fingerprint density at radius 3 is 2.14 bits per heavy atom. The smallest absolute Gasteiger partial charge is 0.347 e. The van der Waals surface area contributed by atoms with Gasteiger partial charge in [0.25, 0.3) is 0 Å². The molecular formula is C20H25FmN2O6-. The van der Waals surface area contributed by atoms with E-state index in [1.807, 2.05) is 6.41 Å². The first-order chi connectivity index (χ1) is 13.6. The van der Waals surface area contributed by atoms with Crippen LogP contribution in [0.3, 0.4) is 0 Å². The number of hydrogen-bond donors (Lipinski definition) is 1. The van der Waals surface area contributed by atoms with Gasteiger partial charge in [-0.3, -0.25) is 0 Å². The number of carbonyl (C=O) groups is 2. The average molecular weight is 646 g/mol. The minimum atomic E-state index is -0.743. The number of anilines is 1. The van der Waals surface area contributed by atoms with Crippen molar-refractivity contribution in [1.82, 2.24) is 4.90 Å². The van der Waals surface area contributed by atoms with Crippen molar-refractivity contribution in [3.63, 3.8) is 0 Å². The molecule has 8 nitrogen and oxygen atoms in total. The van der Waals surface area contributed by atoms with Crippen LogP contribution in [0, 0.1) is 0 Å². The quantitative estimate of drug-likeness (QED) is 0.144. The summed E-state index contributed by atoms with van der Waals surface area (Å²) < 4.78 is 15.7. The molecule has 0 bridgehead atoms. The van der Waals surface area contributed by atoms with E-state index in [1.165, 1.54) is 6.20 Å². The van der Waals surface area contributed by atoms with Gasteiger partial charge < -0.3 is 29.2 Å². The second-order valence-electron chi connectivity index (χ2n) is 6.06. The molecule has 0 atom stereocenters. The van der Waals surface area contributed by atoms with Crippen LogP contribution in [0.5, 0.6) is 5.75 Å². The van der Waals surface area contributed by atoms with Crippen LogP contribution in [-0.2, 0) is 23.9 Å². The zero-order valence-corrected chi connectivity index (χ0v) is 18.8. The third kappa shape index (κ3) is 6.89. The van der Waals surface area contributed by atoms with Crippen molar-refractivity contribution < 1.29 is 28.6 Å². The summed E-state index contributed by atoms with van der Waals surface area (Å²) in [4.78, 5) is 36.1. The fourth-order valence-electron chi connectivity index (χ4n) is 2.66. The molecule has 1 amide bonds. The zero-order chi connectivity index (χ0) is 20.4. The Morgan fingerprint density at radius 1 is 1.10 bits per heavy atom. The van der Waals surface area contributed by atoms with Crippen molar-refractivity contribution in [3.8, 4) is 5.75 Å². The number of amides is 1. The molecule has 1 saturated heterocycles. The van der Waals surface area contributed by atoms with Crippen molar-refractivity contribution in [3.05, 3.63) is 36.0 Å². The van der Waals surface area contributed by atoms with Crippen LogP contribution >= 0.6 is 0 Å². The van der Waals surface area contributed by atoms with Crippen LogP contribution in [0.2, 0.25) is 0 Å².